The van der Waals surface area contributed by atoms with E-state index in [2.05, 4.69) is 0 Å². The van der Waals surface area contributed by atoms with Crippen LogP contribution >= 0.6 is 0 Å². The molecule has 0 saturated heterocycles. The molecule has 0 bridgehead atoms. The molecule has 0 radical (unpaired) electrons. The summed E-state index contributed by atoms with van der Waals surface area (Å²) in [7, 11) is 1.58. The third kappa shape index (κ3) is 3.98. The summed E-state index contributed by atoms with van der Waals surface area (Å²) < 4.78 is 12.4. The minimum Gasteiger partial charge on any atom is -0.497 e. The molecule has 2 aromatic heterocycles. The Morgan fingerprint density at radius 1 is 1.17 bits per heavy atom. The van der Waals surface area contributed by atoms with Gasteiger partial charge in [0.05, 0.1) is 18.2 Å². The summed E-state index contributed by atoms with van der Waals surface area (Å²) in [6, 6.07) is 10.8. The number of amides is 1. The van der Waals surface area contributed by atoms with Gasteiger partial charge in [0.1, 0.15) is 11.5 Å². The number of rotatable bonds is 9. The molecule has 8 nitrogen and oxygen atoms in total. The van der Waals surface area contributed by atoms with Crippen LogP contribution in [-0.2, 0) is 22.4 Å². The third-order valence-corrected chi connectivity index (χ3v) is 4.80. The molecule has 0 spiro atoms. The lowest BCUT2D eigenvalue weighted by molar-refractivity contribution is -0.139. The summed E-state index contributed by atoms with van der Waals surface area (Å²) in [6.07, 6.45) is 2.67. The fourth-order valence-electron chi connectivity index (χ4n) is 3.56. The van der Waals surface area contributed by atoms with Crippen LogP contribution in [0.2, 0.25) is 0 Å². The lowest BCUT2D eigenvalue weighted by Crippen LogP contribution is -2.24. The fraction of sp³-hybridized carbons (Fsp3) is 0.227. The second kappa shape index (κ2) is 8.69. The first kappa shape index (κ1) is 20.9. The van der Waals surface area contributed by atoms with Gasteiger partial charge >= 0.3 is 5.97 Å². The van der Waals surface area contributed by atoms with Crippen molar-refractivity contribution in [2.24, 2.45) is 5.73 Å². The van der Waals surface area contributed by atoms with Crippen LogP contribution in [0.25, 0.3) is 5.52 Å². The first-order chi connectivity index (χ1) is 14.4. The minimum absolute atomic E-state index is 0.142. The molecule has 0 atom stereocenters. The number of carboxylic acids is 1. The zero-order chi connectivity index (χ0) is 21.8. The number of nitrogens with two attached hydrogens (primary N) is 1. The molecule has 2 heterocycles. The van der Waals surface area contributed by atoms with E-state index in [1.54, 1.807) is 29.8 Å². The van der Waals surface area contributed by atoms with Crippen LogP contribution in [-0.4, -0.2) is 40.9 Å². The first-order valence-corrected chi connectivity index (χ1v) is 9.33. The number of ether oxygens (including phenoxy) is 2. The molecule has 0 aliphatic carbocycles. The number of nitrogens with zero attached hydrogens (tertiary/aromatic N) is 1. The van der Waals surface area contributed by atoms with Crippen molar-refractivity contribution >= 4 is 23.2 Å². The Balaban J connectivity index is 2.25. The molecule has 0 aliphatic heterocycles. The maximum atomic E-state index is 12.7. The Labute approximate surface area is 172 Å². The predicted octanol–water partition coefficient (Wildman–Crippen LogP) is 2.23. The summed E-state index contributed by atoms with van der Waals surface area (Å²) in [6.45, 7) is 1.29. The van der Waals surface area contributed by atoms with Crippen LogP contribution in [0.3, 0.4) is 0 Å². The number of carbonyl (C=O) groups is 3. The van der Waals surface area contributed by atoms with Crippen LogP contribution in [0.5, 0.6) is 11.5 Å². The molecule has 0 fully saturated rings. The number of carbonyl (C=O) groups excluding carboxylic acids is 2. The van der Waals surface area contributed by atoms with Gasteiger partial charge in [0.2, 0.25) is 0 Å². The van der Waals surface area contributed by atoms with Crippen molar-refractivity contribution < 1.29 is 29.0 Å². The number of fused-ring (bicyclic) bond motifs is 1. The largest absolute Gasteiger partial charge is 0.497 e. The number of methoxy groups -OCH3 is 1. The van der Waals surface area contributed by atoms with Crippen LogP contribution in [0.1, 0.15) is 34.1 Å². The van der Waals surface area contributed by atoms with Crippen LogP contribution in [0.15, 0.2) is 42.6 Å². The van der Waals surface area contributed by atoms with Gasteiger partial charge in [-0.2, -0.15) is 0 Å². The SMILES string of the molecule is CCc1c(C(=O)C(N)=O)c2c(OCC(=O)O)cccn2c1Cc1cccc(OC)c1. The first-order valence-electron chi connectivity index (χ1n) is 9.33. The number of hydrogen-bond donors (Lipinski definition) is 2. The second-order valence-corrected chi connectivity index (χ2v) is 6.65. The van der Waals surface area contributed by atoms with E-state index >= 15 is 0 Å². The van der Waals surface area contributed by atoms with E-state index in [0.717, 1.165) is 11.3 Å². The van der Waals surface area contributed by atoms with E-state index in [-0.39, 0.29) is 11.3 Å². The van der Waals surface area contributed by atoms with Crippen molar-refractivity contribution in [2.45, 2.75) is 19.8 Å². The number of pyridine rings is 1. The molecule has 3 rings (SSSR count). The number of hydrogen-bond acceptors (Lipinski definition) is 5. The van der Waals surface area contributed by atoms with Crippen LogP contribution in [0.4, 0.5) is 0 Å². The second-order valence-electron chi connectivity index (χ2n) is 6.65. The van der Waals surface area contributed by atoms with Crippen molar-refractivity contribution in [1.82, 2.24) is 4.40 Å². The lowest BCUT2D eigenvalue weighted by Gasteiger charge is -2.09. The van der Waals surface area contributed by atoms with Crippen LogP contribution in [0, 0.1) is 0 Å². The Kier molecular flexibility index (Phi) is 6.06. The lowest BCUT2D eigenvalue weighted by atomic mass is 9.99. The highest BCUT2D eigenvalue weighted by molar-refractivity contribution is 6.44. The summed E-state index contributed by atoms with van der Waals surface area (Å²) >= 11 is 0. The predicted molar refractivity (Wildman–Crippen MR) is 109 cm³/mol. The smallest absolute Gasteiger partial charge is 0.341 e. The number of aliphatic carboxylic acids is 1. The Morgan fingerprint density at radius 2 is 1.93 bits per heavy atom. The van der Waals surface area contributed by atoms with E-state index in [4.69, 9.17) is 20.3 Å². The Hall–Kier alpha value is -3.81. The summed E-state index contributed by atoms with van der Waals surface area (Å²) in [5.41, 5.74) is 8.17. The Morgan fingerprint density at radius 3 is 2.57 bits per heavy atom. The third-order valence-electron chi connectivity index (χ3n) is 4.80. The average Bonchev–Trinajstić information content (AvgIpc) is 3.05. The topological polar surface area (TPSA) is 120 Å². The van der Waals surface area contributed by atoms with Crippen molar-refractivity contribution in [1.29, 1.82) is 0 Å². The number of ketones is 1. The van der Waals surface area contributed by atoms with Crippen molar-refractivity contribution in [3.63, 3.8) is 0 Å². The van der Waals surface area contributed by atoms with Gasteiger partial charge in [-0.05, 0) is 41.8 Å². The maximum Gasteiger partial charge on any atom is 0.341 e. The molecule has 1 amide bonds. The van der Waals surface area contributed by atoms with Gasteiger partial charge in [-0.15, -0.1) is 0 Å². The highest BCUT2D eigenvalue weighted by Gasteiger charge is 2.27. The number of carboxylic acid groups (broad SMARTS) is 1. The number of aromatic nitrogens is 1. The number of primary amides is 1. The van der Waals surface area contributed by atoms with Gasteiger partial charge in [0.25, 0.3) is 11.7 Å². The molecule has 0 saturated carbocycles. The summed E-state index contributed by atoms with van der Waals surface area (Å²) in [5.74, 6) is -2.19. The standard InChI is InChI=1S/C22H22N2O6/c1-3-15-16(11-13-6-4-7-14(10-13)29-2)24-9-5-8-17(30-12-18(25)26)20(24)19(15)21(27)22(23)28/h4-10H,3,11-12H2,1-2H3,(H2,23,28)(H,25,26). The van der Waals surface area contributed by atoms with E-state index in [9.17, 15) is 14.4 Å². The molecule has 0 unspecified atom stereocenters. The number of benzene rings is 1. The molecule has 1 aromatic carbocycles. The molecule has 0 aliphatic rings. The van der Waals surface area contributed by atoms with Gasteiger partial charge in [0, 0.05) is 18.3 Å². The molecular weight excluding hydrogens is 388 g/mol. The van der Waals surface area contributed by atoms with E-state index < -0.39 is 24.3 Å². The van der Waals surface area contributed by atoms with Gasteiger partial charge in [-0.3, -0.25) is 9.59 Å². The van der Waals surface area contributed by atoms with Crippen LogP contribution < -0.4 is 15.2 Å². The minimum atomic E-state index is -1.15. The highest BCUT2D eigenvalue weighted by atomic mass is 16.5. The molecular formula is C22H22N2O6. The zero-order valence-electron chi connectivity index (χ0n) is 16.7. The van der Waals surface area contributed by atoms with E-state index in [1.165, 1.54) is 0 Å². The maximum absolute atomic E-state index is 12.7. The van der Waals surface area contributed by atoms with Gasteiger partial charge in [-0.1, -0.05) is 19.1 Å². The van der Waals surface area contributed by atoms with E-state index in [1.807, 2.05) is 31.2 Å². The fourth-order valence-corrected chi connectivity index (χ4v) is 3.56. The Bertz CT molecular complexity index is 1130. The van der Waals surface area contributed by atoms with Crippen molar-refractivity contribution in [3.05, 3.63) is 65.0 Å². The summed E-state index contributed by atoms with van der Waals surface area (Å²) in [4.78, 5) is 35.4. The highest BCUT2D eigenvalue weighted by Crippen LogP contribution is 2.33. The van der Waals surface area contributed by atoms with Gasteiger partial charge < -0.3 is 24.7 Å². The molecule has 3 aromatic rings. The van der Waals surface area contributed by atoms with Gasteiger partial charge in [-0.25, -0.2) is 4.79 Å². The monoisotopic (exact) mass is 410 g/mol. The average molecular weight is 410 g/mol. The van der Waals surface area contributed by atoms with Crippen molar-refractivity contribution in [2.75, 3.05) is 13.7 Å². The quantitative estimate of drug-likeness (QED) is 0.412. The molecule has 8 heteroatoms. The summed E-state index contributed by atoms with van der Waals surface area (Å²) in [5, 5.41) is 8.98. The van der Waals surface area contributed by atoms with Crippen molar-refractivity contribution in [3.8, 4) is 11.5 Å². The van der Waals surface area contributed by atoms with E-state index in [0.29, 0.717) is 29.7 Å². The zero-order valence-corrected chi connectivity index (χ0v) is 16.7. The van der Waals surface area contributed by atoms with Gasteiger partial charge in [0.15, 0.2) is 6.61 Å². The normalized spacial score (nSPS) is 10.7. The molecule has 30 heavy (non-hydrogen) atoms. The molecule has 3 N–H and O–H groups in total. The molecule has 156 valence electrons. The number of Topliss-reactive ketones (excluding diaryl/α,β-unsaturated/α-hetero) is 1.